The van der Waals surface area contributed by atoms with E-state index in [2.05, 4.69) is 50.5 Å². The smallest absolute Gasteiger partial charge is 0.114 e. The van der Waals surface area contributed by atoms with Crippen molar-refractivity contribution >= 4 is 15.9 Å². The Labute approximate surface area is 167 Å². The molecule has 0 bridgehead atoms. The standard InChI is InChI=1S/C21H24BrN5/c1-26-18-11-4-2-7-14(18)20(24-26)16-9-6-10-17(23-16)21-15-8-3-5-12-19(15)27(13-22)25-21/h6,9-10H,2-5,7-8,11-13H2,1H3. The Kier molecular flexibility index (Phi) is 4.38. The minimum atomic E-state index is 0.739. The van der Waals surface area contributed by atoms with E-state index >= 15 is 0 Å². The van der Waals surface area contributed by atoms with Crippen LogP contribution in [0.5, 0.6) is 0 Å². The van der Waals surface area contributed by atoms with Crippen molar-refractivity contribution in [3.05, 3.63) is 40.7 Å². The zero-order valence-corrected chi connectivity index (χ0v) is 17.3. The maximum Gasteiger partial charge on any atom is 0.114 e. The minimum Gasteiger partial charge on any atom is -0.272 e. The van der Waals surface area contributed by atoms with E-state index in [1.165, 1.54) is 48.2 Å². The lowest BCUT2D eigenvalue weighted by Gasteiger charge is -2.13. The van der Waals surface area contributed by atoms with Crippen molar-refractivity contribution in [2.45, 2.75) is 56.8 Å². The molecule has 3 heterocycles. The van der Waals surface area contributed by atoms with Crippen LogP contribution < -0.4 is 0 Å². The fourth-order valence-electron chi connectivity index (χ4n) is 4.65. The predicted molar refractivity (Wildman–Crippen MR) is 110 cm³/mol. The van der Waals surface area contributed by atoms with Crippen molar-refractivity contribution in [2.24, 2.45) is 7.05 Å². The van der Waals surface area contributed by atoms with Crippen LogP contribution in [0.2, 0.25) is 0 Å². The Balaban J connectivity index is 1.61. The zero-order valence-electron chi connectivity index (χ0n) is 15.7. The van der Waals surface area contributed by atoms with Crippen LogP contribution in [-0.2, 0) is 38.2 Å². The number of nitrogens with zero attached hydrogens (tertiary/aromatic N) is 5. The van der Waals surface area contributed by atoms with E-state index in [0.29, 0.717) is 0 Å². The highest BCUT2D eigenvalue weighted by Crippen LogP contribution is 2.34. The second-order valence-corrected chi connectivity index (χ2v) is 8.11. The molecule has 0 atom stereocenters. The summed E-state index contributed by atoms with van der Waals surface area (Å²) in [6, 6.07) is 6.28. The van der Waals surface area contributed by atoms with Gasteiger partial charge in [0.1, 0.15) is 11.4 Å². The van der Waals surface area contributed by atoms with Crippen molar-refractivity contribution in [2.75, 3.05) is 0 Å². The van der Waals surface area contributed by atoms with Crippen LogP contribution in [0.4, 0.5) is 0 Å². The fourth-order valence-corrected chi connectivity index (χ4v) is 5.07. The monoisotopic (exact) mass is 425 g/mol. The number of pyridine rings is 1. The van der Waals surface area contributed by atoms with E-state index in [1.807, 2.05) is 0 Å². The van der Waals surface area contributed by atoms with Crippen LogP contribution in [0, 0.1) is 0 Å². The molecule has 0 fully saturated rings. The van der Waals surface area contributed by atoms with Gasteiger partial charge in [-0.05, 0) is 63.5 Å². The van der Waals surface area contributed by atoms with Crippen LogP contribution in [0.25, 0.3) is 22.8 Å². The molecule has 0 N–H and O–H groups in total. The van der Waals surface area contributed by atoms with Gasteiger partial charge in [-0.2, -0.15) is 10.2 Å². The van der Waals surface area contributed by atoms with Gasteiger partial charge in [0.05, 0.1) is 16.8 Å². The number of rotatable bonds is 3. The summed E-state index contributed by atoms with van der Waals surface area (Å²) in [7, 11) is 2.06. The first-order valence-corrected chi connectivity index (χ1v) is 11.1. The summed E-state index contributed by atoms with van der Waals surface area (Å²) in [6.07, 6.45) is 9.44. The van der Waals surface area contributed by atoms with E-state index in [4.69, 9.17) is 15.2 Å². The maximum absolute atomic E-state index is 5.02. The van der Waals surface area contributed by atoms with Gasteiger partial charge in [-0.1, -0.05) is 22.0 Å². The molecule has 6 heteroatoms. The van der Waals surface area contributed by atoms with Gasteiger partial charge in [0.15, 0.2) is 0 Å². The number of hydrogen-bond donors (Lipinski definition) is 0. The topological polar surface area (TPSA) is 48.5 Å². The molecule has 2 aliphatic rings. The number of alkyl halides is 1. The molecular weight excluding hydrogens is 402 g/mol. The molecule has 0 unspecified atom stereocenters. The van der Waals surface area contributed by atoms with Crippen LogP contribution in [0.15, 0.2) is 18.2 Å². The lowest BCUT2D eigenvalue weighted by molar-refractivity contribution is 0.623. The van der Waals surface area contributed by atoms with E-state index in [0.717, 1.165) is 53.9 Å². The number of fused-ring (bicyclic) bond motifs is 2. The summed E-state index contributed by atoms with van der Waals surface area (Å²) in [4.78, 5) is 5.02. The molecule has 140 valence electrons. The number of hydrogen-bond acceptors (Lipinski definition) is 3. The van der Waals surface area contributed by atoms with Gasteiger partial charge in [0.25, 0.3) is 0 Å². The van der Waals surface area contributed by atoms with Crippen molar-refractivity contribution in [1.29, 1.82) is 0 Å². The summed E-state index contributed by atoms with van der Waals surface area (Å²) >= 11 is 3.58. The maximum atomic E-state index is 5.02. The first-order valence-electron chi connectivity index (χ1n) is 9.93. The molecule has 3 aromatic rings. The normalized spacial score (nSPS) is 16.2. The Morgan fingerprint density at radius 1 is 0.852 bits per heavy atom. The molecule has 0 saturated carbocycles. The second kappa shape index (κ2) is 6.89. The van der Waals surface area contributed by atoms with E-state index in [-0.39, 0.29) is 0 Å². The van der Waals surface area contributed by atoms with E-state index in [1.54, 1.807) is 0 Å². The third kappa shape index (κ3) is 2.85. The van der Waals surface area contributed by atoms with Crippen molar-refractivity contribution in [3.63, 3.8) is 0 Å². The number of halogens is 1. The van der Waals surface area contributed by atoms with E-state index in [9.17, 15) is 0 Å². The average Bonchev–Trinajstić information content (AvgIpc) is 3.27. The van der Waals surface area contributed by atoms with Crippen molar-refractivity contribution in [1.82, 2.24) is 24.5 Å². The second-order valence-electron chi connectivity index (χ2n) is 7.61. The third-order valence-corrected chi connectivity index (χ3v) is 6.44. The van der Waals surface area contributed by atoms with Crippen LogP contribution in [0.1, 0.15) is 48.2 Å². The van der Waals surface area contributed by atoms with Gasteiger partial charge in [0, 0.05) is 29.6 Å². The van der Waals surface area contributed by atoms with Crippen molar-refractivity contribution < 1.29 is 0 Å². The van der Waals surface area contributed by atoms with Crippen LogP contribution in [0.3, 0.4) is 0 Å². The van der Waals surface area contributed by atoms with Gasteiger partial charge in [-0.3, -0.25) is 9.36 Å². The third-order valence-electron chi connectivity index (χ3n) is 5.97. The fraction of sp³-hybridized carbons (Fsp3) is 0.476. The molecule has 0 amide bonds. The van der Waals surface area contributed by atoms with Gasteiger partial charge < -0.3 is 0 Å². The molecule has 0 spiro atoms. The van der Waals surface area contributed by atoms with Crippen molar-refractivity contribution in [3.8, 4) is 22.8 Å². The summed E-state index contributed by atoms with van der Waals surface area (Å²) < 4.78 is 4.15. The average molecular weight is 426 g/mol. The highest BCUT2D eigenvalue weighted by molar-refractivity contribution is 9.08. The van der Waals surface area contributed by atoms with Crippen LogP contribution >= 0.6 is 15.9 Å². The minimum absolute atomic E-state index is 0.739. The lowest BCUT2D eigenvalue weighted by Crippen LogP contribution is -2.07. The molecule has 0 saturated heterocycles. The van der Waals surface area contributed by atoms with Gasteiger partial charge in [-0.25, -0.2) is 4.98 Å². The summed E-state index contributed by atoms with van der Waals surface area (Å²) in [5, 5.41) is 9.72. The Bertz CT molecular complexity index is 1000. The van der Waals surface area contributed by atoms with Gasteiger partial charge in [0.2, 0.25) is 0 Å². The predicted octanol–water partition coefficient (Wildman–Crippen LogP) is 4.46. The Morgan fingerprint density at radius 2 is 1.44 bits per heavy atom. The molecule has 3 aromatic heterocycles. The quantitative estimate of drug-likeness (QED) is 0.582. The SMILES string of the molecule is Cn1nc(-c2cccc(-c3nn(CBr)c4c3CCCC4)n2)c2c1CCCC2. The van der Waals surface area contributed by atoms with E-state index < -0.39 is 0 Å². The number of aryl methyl sites for hydroxylation is 1. The Hall–Kier alpha value is -1.95. The van der Waals surface area contributed by atoms with Crippen LogP contribution in [-0.4, -0.2) is 24.5 Å². The zero-order chi connectivity index (χ0) is 18.4. The van der Waals surface area contributed by atoms with Gasteiger partial charge >= 0.3 is 0 Å². The lowest BCUT2D eigenvalue weighted by atomic mass is 9.94. The summed E-state index contributed by atoms with van der Waals surface area (Å²) in [5.41, 5.74) is 10.3. The summed E-state index contributed by atoms with van der Waals surface area (Å²) in [5.74, 6) is 0. The molecule has 5 nitrogen and oxygen atoms in total. The number of aromatic nitrogens is 5. The largest absolute Gasteiger partial charge is 0.272 e. The molecule has 2 aliphatic carbocycles. The molecule has 0 aromatic carbocycles. The van der Waals surface area contributed by atoms with Gasteiger partial charge in [-0.15, -0.1) is 0 Å². The molecular formula is C21H24BrN5. The highest BCUT2D eigenvalue weighted by atomic mass is 79.9. The highest BCUT2D eigenvalue weighted by Gasteiger charge is 2.24. The first-order chi connectivity index (χ1) is 13.3. The molecule has 0 radical (unpaired) electrons. The molecule has 27 heavy (non-hydrogen) atoms. The molecule has 0 aliphatic heterocycles. The Morgan fingerprint density at radius 3 is 2.15 bits per heavy atom. The molecule has 5 rings (SSSR count). The summed E-state index contributed by atoms with van der Waals surface area (Å²) in [6.45, 7) is 0. The first kappa shape index (κ1) is 17.2.